The molecule has 0 aromatic heterocycles. The number of nitrogens with one attached hydrogen (secondary N) is 1. The third-order valence-electron chi connectivity index (χ3n) is 3.18. The summed E-state index contributed by atoms with van der Waals surface area (Å²) in [5.41, 5.74) is 0.693. The Morgan fingerprint density at radius 2 is 2.15 bits per heavy atom. The lowest BCUT2D eigenvalue weighted by Crippen LogP contribution is -2.40. The number of thioether (sulfide) groups is 1. The lowest BCUT2D eigenvalue weighted by atomic mass is 9.67. The first-order chi connectivity index (χ1) is 6.33. The maximum atomic E-state index is 3.58. The van der Waals surface area contributed by atoms with Gasteiger partial charge in [0.05, 0.1) is 0 Å². The average molecular weight is 201 g/mol. The van der Waals surface area contributed by atoms with Gasteiger partial charge in [0.1, 0.15) is 0 Å². The van der Waals surface area contributed by atoms with Gasteiger partial charge in [0, 0.05) is 6.54 Å². The molecule has 2 heteroatoms. The lowest BCUT2D eigenvalue weighted by Gasteiger charge is -2.42. The second kappa shape index (κ2) is 5.92. The van der Waals surface area contributed by atoms with Crippen LogP contribution in [0.15, 0.2) is 0 Å². The second-order valence-electron chi connectivity index (χ2n) is 4.27. The zero-order valence-electron chi connectivity index (χ0n) is 9.07. The van der Waals surface area contributed by atoms with Crippen LogP contribution >= 0.6 is 11.8 Å². The summed E-state index contributed by atoms with van der Waals surface area (Å²) < 4.78 is 0. The van der Waals surface area contributed by atoms with Gasteiger partial charge in [-0.3, -0.25) is 0 Å². The van der Waals surface area contributed by atoms with Crippen LogP contribution in [0.1, 0.15) is 39.0 Å². The predicted octanol–water partition coefficient (Wildman–Crippen LogP) is 2.91. The molecule has 1 saturated carbocycles. The van der Waals surface area contributed by atoms with Crippen molar-refractivity contribution in [2.24, 2.45) is 5.41 Å². The molecule has 1 rings (SSSR count). The van der Waals surface area contributed by atoms with Crippen molar-refractivity contribution in [3.8, 4) is 0 Å². The molecular weight excluding hydrogens is 178 g/mol. The quantitative estimate of drug-likeness (QED) is 0.636. The van der Waals surface area contributed by atoms with E-state index in [0.29, 0.717) is 5.41 Å². The van der Waals surface area contributed by atoms with Crippen molar-refractivity contribution >= 4 is 11.8 Å². The summed E-state index contributed by atoms with van der Waals surface area (Å²) in [6, 6.07) is 0. The molecule has 0 bridgehead atoms. The van der Waals surface area contributed by atoms with E-state index in [1.165, 1.54) is 50.9 Å². The molecule has 0 amide bonds. The smallest absolute Gasteiger partial charge is 0.000810 e. The normalized spacial score (nSPS) is 19.8. The van der Waals surface area contributed by atoms with Crippen LogP contribution in [0.5, 0.6) is 0 Å². The van der Waals surface area contributed by atoms with Crippen LogP contribution in [0.4, 0.5) is 0 Å². The van der Waals surface area contributed by atoms with Crippen molar-refractivity contribution < 1.29 is 0 Å². The van der Waals surface area contributed by atoms with Gasteiger partial charge in [-0.1, -0.05) is 13.3 Å². The van der Waals surface area contributed by atoms with Gasteiger partial charge in [0.25, 0.3) is 0 Å². The molecule has 0 unspecified atom stereocenters. The molecule has 0 aliphatic heterocycles. The van der Waals surface area contributed by atoms with Crippen molar-refractivity contribution in [2.75, 3.05) is 25.1 Å². The predicted molar refractivity (Wildman–Crippen MR) is 62.4 cm³/mol. The zero-order valence-corrected chi connectivity index (χ0v) is 9.88. The van der Waals surface area contributed by atoms with E-state index < -0.39 is 0 Å². The molecule has 1 fully saturated rings. The van der Waals surface area contributed by atoms with E-state index in [4.69, 9.17) is 0 Å². The van der Waals surface area contributed by atoms with Crippen LogP contribution in [-0.2, 0) is 0 Å². The number of hydrogen-bond donors (Lipinski definition) is 1. The first-order valence-corrected chi connectivity index (χ1v) is 6.92. The van der Waals surface area contributed by atoms with Gasteiger partial charge in [-0.2, -0.15) is 11.8 Å². The Labute approximate surface area is 87.1 Å². The number of rotatable bonds is 7. The third kappa shape index (κ3) is 3.51. The summed E-state index contributed by atoms with van der Waals surface area (Å²) in [4.78, 5) is 0. The van der Waals surface area contributed by atoms with E-state index in [0.717, 1.165) is 0 Å². The van der Waals surface area contributed by atoms with E-state index in [9.17, 15) is 0 Å². The third-order valence-corrected chi connectivity index (χ3v) is 3.79. The first kappa shape index (κ1) is 11.4. The Hall–Kier alpha value is 0.310. The fourth-order valence-electron chi connectivity index (χ4n) is 2.04. The number of hydrogen-bond acceptors (Lipinski definition) is 2. The zero-order chi connectivity index (χ0) is 9.57. The second-order valence-corrected chi connectivity index (χ2v) is 5.26. The topological polar surface area (TPSA) is 12.0 Å². The van der Waals surface area contributed by atoms with Crippen molar-refractivity contribution in [1.29, 1.82) is 0 Å². The van der Waals surface area contributed by atoms with Gasteiger partial charge in [0.2, 0.25) is 0 Å². The van der Waals surface area contributed by atoms with E-state index >= 15 is 0 Å². The van der Waals surface area contributed by atoms with E-state index in [1.54, 1.807) is 0 Å². The van der Waals surface area contributed by atoms with Crippen LogP contribution in [0.2, 0.25) is 0 Å². The molecule has 0 atom stereocenters. The highest BCUT2D eigenvalue weighted by molar-refractivity contribution is 7.98. The molecule has 1 aliphatic carbocycles. The van der Waals surface area contributed by atoms with Crippen molar-refractivity contribution in [3.63, 3.8) is 0 Å². The Bertz CT molecular complexity index is 132. The molecule has 0 radical (unpaired) electrons. The average Bonchev–Trinajstić information content (AvgIpc) is 2.08. The minimum Gasteiger partial charge on any atom is -0.316 e. The molecule has 1 N–H and O–H groups in total. The van der Waals surface area contributed by atoms with E-state index in [2.05, 4.69) is 18.5 Å². The highest BCUT2D eigenvalue weighted by Crippen LogP contribution is 2.43. The molecule has 0 aromatic rings. The lowest BCUT2D eigenvalue weighted by molar-refractivity contribution is 0.126. The van der Waals surface area contributed by atoms with Crippen molar-refractivity contribution in [1.82, 2.24) is 5.32 Å². The largest absolute Gasteiger partial charge is 0.316 e. The summed E-state index contributed by atoms with van der Waals surface area (Å²) >= 11 is 1.99. The van der Waals surface area contributed by atoms with Crippen LogP contribution in [-0.4, -0.2) is 25.1 Å². The molecular formula is C11H23NS. The van der Waals surface area contributed by atoms with Gasteiger partial charge < -0.3 is 5.32 Å². The Balaban J connectivity index is 2.15. The van der Waals surface area contributed by atoms with Crippen molar-refractivity contribution in [3.05, 3.63) is 0 Å². The fraction of sp³-hybridized carbons (Fsp3) is 1.00. The first-order valence-electron chi connectivity index (χ1n) is 5.53. The molecule has 0 heterocycles. The minimum atomic E-state index is 0.693. The Morgan fingerprint density at radius 1 is 1.38 bits per heavy atom. The SMILES string of the molecule is CCCNCC1(CCSC)CCC1. The van der Waals surface area contributed by atoms with Gasteiger partial charge >= 0.3 is 0 Å². The van der Waals surface area contributed by atoms with Crippen molar-refractivity contribution in [2.45, 2.75) is 39.0 Å². The molecule has 0 saturated heterocycles. The molecule has 1 nitrogen and oxygen atoms in total. The Kier molecular flexibility index (Phi) is 5.18. The maximum absolute atomic E-state index is 3.58. The van der Waals surface area contributed by atoms with E-state index in [1.807, 2.05) is 11.8 Å². The molecule has 0 aromatic carbocycles. The van der Waals surface area contributed by atoms with Crippen LogP contribution < -0.4 is 5.32 Å². The Morgan fingerprint density at radius 3 is 2.62 bits per heavy atom. The molecule has 13 heavy (non-hydrogen) atoms. The highest BCUT2D eigenvalue weighted by Gasteiger charge is 2.35. The van der Waals surface area contributed by atoms with Gasteiger partial charge in [0.15, 0.2) is 0 Å². The summed E-state index contributed by atoms with van der Waals surface area (Å²) in [5.74, 6) is 1.34. The van der Waals surface area contributed by atoms with Gasteiger partial charge in [-0.05, 0) is 49.7 Å². The summed E-state index contributed by atoms with van der Waals surface area (Å²) in [6.45, 7) is 4.70. The summed E-state index contributed by atoms with van der Waals surface area (Å²) in [7, 11) is 0. The summed E-state index contributed by atoms with van der Waals surface area (Å²) in [6.07, 6.45) is 9.28. The minimum absolute atomic E-state index is 0.693. The standard InChI is InChI=1S/C11H23NS/c1-3-8-12-10-11(5-4-6-11)7-9-13-2/h12H,3-10H2,1-2H3. The monoisotopic (exact) mass is 201 g/mol. The fourth-order valence-corrected chi connectivity index (χ4v) is 2.68. The molecule has 78 valence electrons. The molecule has 0 spiro atoms. The maximum Gasteiger partial charge on any atom is 0.000810 e. The highest BCUT2D eigenvalue weighted by atomic mass is 32.2. The van der Waals surface area contributed by atoms with Crippen LogP contribution in [0, 0.1) is 5.41 Å². The van der Waals surface area contributed by atoms with Gasteiger partial charge in [-0.25, -0.2) is 0 Å². The van der Waals surface area contributed by atoms with Crippen LogP contribution in [0.25, 0.3) is 0 Å². The van der Waals surface area contributed by atoms with Gasteiger partial charge in [-0.15, -0.1) is 0 Å². The molecule has 1 aliphatic rings. The van der Waals surface area contributed by atoms with Crippen LogP contribution in [0.3, 0.4) is 0 Å². The van der Waals surface area contributed by atoms with E-state index in [-0.39, 0.29) is 0 Å². The summed E-state index contributed by atoms with van der Waals surface area (Å²) in [5, 5.41) is 3.58.